The van der Waals surface area contributed by atoms with E-state index in [1.807, 2.05) is 12.1 Å². The molecular weight excluding hydrogens is 316 g/mol. The first-order valence-electron chi connectivity index (χ1n) is 7.31. The van der Waals surface area contributed by atoms with E-state index in [0.29, 0.717) is 12.1 Å². The predicted octanol–water partition coefficient (Wildman–Crippen LogP) is 1.23. The molecule has 6 nitrogen and oxygen atoms in total. The van der Waals surface area contributed by atoms with E-state index in [4.69, 9.17) is 4.74 Å². The molecule has 0 amide bonds. The zero-order chi connectivity index (χ0) is 16.9. The molecule has 0 saturated carbocycles. The van der Waals surface area contributed by atoms with Gasteiger partial charge in [0.25, 0.3) is 0 Å². The minimum atomic E-state index is -3.44. The van der Waals surface area contributed by atoms with E-state index in [0.717, 1.165) is 11.3 Å². The Kier molecular flexibility index (Phi) is 5.81. The van der Waals surface area contributed by atoms with Crippen molar-refractivity contribution >= 4 is 10.0 Å². The maximum Gasteiger partial charge on any atom is 0.212 e. The summed E-state index contributed by atoms with van der Waals surface area (Å²) in [7, 11) is -0.0579. The molecule has 1 aromatic heterocycles. The zero-order valence-electron chi connectivity index (χ0n) is 13.3. The fraction of sp³-hybridized carbons (Fsp3) is 0.375. The predicted molar refractivity (Wildman–Crippen MR) is 88.9 cm³/mol. The average molecular weight is 338 g/mol. The minimum absolute atomic E-state index is 0.0286. The third kappa shape index (κ3) is 5.09. The molecule has 2 rings (SSSR count). The van der Waals surface area contributed by atoms with Crippen LogP contribution in [0.2, 0.25) is 0 Å². The number of benzene rings is 1. The summed E-state index contributed by atoms with van der Waals surface area (Å²) in [6.45, 7) is -0.0389. The summed E-state index contributed by atoms with van der Waals surface area (Å²) in [6.07, 6.45) is 1.34. The van der Waals surface area contributed by atoms with E-state index in [9.17, 15) is 13.5 Å². The topological polar surface area (TPSA) is 80.6 Å². The number of sulfonamides is 1. The number of nitrogens with zero attached hydrogens (tertiary/aromatic N) is 1. The number of aromatic nitrogens is 1. The van der Waals surface area contributed by atoms with Crippen molar-refractivity contribution in [1.29, 1.82) is 0 Å². The van der Waals surface area contributed by atoms with Crippen molar-refractivity contribution in [2.45, 2.75) is 12.5 Å². The van der Waals surface area contributed by atoms with Gasteiger partial charge in [-0.15, -0.1) is 0 Å². The zero-order valence-corrected chi connectivity index (χ0v) is 14.1. The lowest BCUT2D eigenvalue weighted by Crippen LogP contribution is -2.31. The maximum absolute atomic E-state index is 12.0. The number of nitrogens with one attached hydrogen (secondary N) is 1. The Morgan fingerprint density at radius 1 is 1.26 bits per heavy atom. The van der Waals surface area contributed by atoms with Crippen molar-refractivity contribution in [2.75, 3.05) is 19.4 Å². The molecule has 0 bridgehead atoms. The molecule has 2 aromatic rings. The molecule has 0 spiro atoms. The molecule has 1 aromatic carbocycles. The Bertz CT molecular complexity index is 723. The molecule has 7 heteroatoms. The summed E-state index contributed by atoms with van der Waals surface area (Å²) in [4.78, 5) is 0. The van der Waals surface area contributed by atoms with Gasteiger partial charge in [0.15, 0.2) is 0 Å². The Hall–Kier alpha value is -1.83. The van der Waals surface area contributed by atoms with E-state index in [-0.39, 0.29) is 12.3 Å². The highest BCUT2D eigenvalue weighted by Crippen LogP contribution is 2.13. The molecule has 0 fully saturated rings. The first-order chi connectivity index (χ1) is 10.9. The number of aryl methyl sites for hydroxylation is 2. The fourth-order valence-corrected chi connectivity index (χ4v) is 3.31. The van der Waals surface area contributed by atoms with Crippen LogP contribution in [0.1, 0.15) is 17.4 Å². The summed E-state index contributed by atoms with van der Waals surface area (Å²) in [5.74, 6) is 0.708. The molecule has 0 saturated heterocycles. The van der Waals surface area contributed by atoms with Gasteiger partial charge in [0.1, 0.15) is 11.9 Å². The van der Waals surface area contributed by atoms with E-state index < -0.39 is 16.1 Å². The average Bonchev–Trinajstić information content (AvgIpc) is 2.97. The molecule has 0 aliphatic heterocycles. The lowest BCUT2D eigenvalue weighted by Gasteiger charge is -2.13. The number of hydrogen-bond acceptors (Lipinski definition) is 4. The number of aliphatic hydroxyl groups excluding tert-OH is 1. The Balaban J connectivity index is 1.85. The van der Waals surface area contributed by atoms with Crippen molar-refractivity contribution in [2.24, 2.45) is 7.05 Å². The summed E-state index contributed by atoms with van der Waals surface area (Å²) >= 11 is 0. The summed E-state index contributed by atoms with van der Waals surface area (Å²) < 4.78 is 33.3. The van der Waals surface area contributed by atoms with E-state index in [1.165, 1.54) is 0 Å². The summed E-state index contributed by atoms with van der Waals surface area (Å²) in [5.41, 5.74) is 1.59. The van der Waals surface area contributed by atoms with Gasteiger partial charge in [-0.1, -0.05) is 12.1 Å². The Morgan fingerprint density at radius 2 is 1.96 bits per heavy atom. The van der Waals surface area contributed by atoms with Gasteiger partial charge in [0.05, 0.1) is 12.9 Å². The van der Waals surface area contributed by atoms with Gasteiger partial charge < -0.3 is 14.4 Å². The highest BCUT2D eigenvalue weighted by molar-refractivity contribution is 7.89. The summed E-state index contributed by atoms with van der Waals surface area (Å²) in [5, 5.41) is 10.0. The van der Waals surface area contributed by atoms with Gasteiger partial charge in [0, 0.05) is 25.5 Å². The monoisotopic (exact) mass is 338 g/mol. The van der Waals surface area contributed by atoms with Crippen LogP contribution >= 0.6 is 0 Å². The molecule has 23 heavy (non-hydrogen) atoms. The number of hydrogen-bond donors (Lipinski definition) is 2. The smallest absolute Gasteiger partial charge is 0.212 e. The normalized spacial score (nSPS) is 13.0. The van der Waals surface area contributed by atoms with Crippen molar-refractivity contribution < 1.29 is 18.3 Å². The highest BCUT2D eigenvalue weighted by atomic mass is 32.2. The van der Waals surface area contributed by atoms with Crippen LogP contribution in [0.4, 0.5) is 0 Å². The van der Waals surface area contributed by atoms with Crippen LogP contribution in [0.5, 0.6) is 5.75 Å². The second-order valence-corrected chi connectivity index (χ2v) is 7.25. The van der Waals surface area contributed by atoms with Crippen LogP contribution in [0.15, 0.2) is 42.6 Å². The lowest BCUT2D eigenvalue weighted by molar-refractivity contribution is 0.173. The third-order valence-electron chi connectivity index (χ3n) is 3.64. The quantitative estimate of drug-likeness (QED) is 0.759. The van der Waals surface area contributed by atoms with Crippen LogP contribution in [0, 0.1) is 0 Å². The molecule has 1 atom stereocenters. The van der Waals surface area contributed by atoms with Crippen LogP contribution < -0.4 is 9.46 Å². The first-order valence-corrected chi connectivity index (χ1v) is 8.96. The molecule has 0 radical (unpaired) electrons. The second-order valence-electron chi connectivity index (χ2n) is 5.33. The standard InChI is InChI=1S/C16H22N2O4S/c1-18-10-3-4-15(18)16(19)12-17-23(20,21)11-9-13-5-7-14(22-2)8-6-13/h3-8,10,16-17,19H,9,11-12H2,1-2H3. The van der Waals surface area contributed by atoms with Crippen molar-refractivity contribution in [3.8, 4) is 5.75 Å². The fourth-order valence-electron chi connectivity index (χ4n) is 2.25. The third-order valence-corrected chi connectivity index (χ3v) is 4.99. The molecule has 0 aliphatic carbocycles. The number of methoxy groups -OCH3 is 1. The number of rotatable bonds is 8. The molecule has 2 N–H and O–H groups in total. The number of aliphatic hydroxyl groups is 1. The van der Waals surface area contributed by atoms with Gasteiger partial charge in [-0.3, -0.25) is 0 Å². The van der Waals surface area contributed by atoms with E-state index in [2.05, 4.69) is 4.72 Å². The summed E-state index contributed by atoms with van der Waals surface area (Å²) in [6, 6.07) is 10.8. The van der Waals surface area contributed by atoms with Crippen LogP contribution in [-0.2, 0) is 23.5 Å². The van der Waals surface area contributed by atoms with Gasteiger partial charge in [-0.2, -0.15) is 0 Å². The minimum Gasteiger partial charge on any atom is -0.497 e. The molecule has 1 heterocycles. The largest absolute Gasteiger partial charge is 0.497 e. The lowest BCUT2D eigenvalue weighted by atomic mass is 10.2. The van der Waals surface area contributed by atoms with E-state index in [1.54, 1.807) is 49.2 Å². The molecular formula is C16H22N2O4S. The van der Waals surface area contributed by atoms with Crippen LogP contribution in [0.25, 0.3) is 0 Å². The maximum atomic E-state index is 12.0. The van der Waals surface area contributed by atoms with Crippen LogP contribution in [-0.4, -0.2) is 37.5 Å². The first kappa shape index (κ1) is 17.5. The second kappa shape index (κ2) is 7.63. The van der Waals surface area contributed by atoms with Crippen molar-refractivity contribution in [3.05, 3.63) is 53.9 Å². The molecule has 0 aliphatic rings. The van der Waals surface area contributed by atoms with Gasteiger partial charge >= 0.3 is 0 Å². The van der Waals surface area contributed by atoms with Crippen molar-refractivity contribution in [1.82, 2.24) is 9.29 Å². The molecule has 126 valence electrons. The molecule has 1 unspecified atom stereocenters. The van der Waals surface area contributed by atoms with Crippen LogP contribution in [0.3, 0.4) is 0 Å². The van der Waals surface area contributed by atoms with Gasteiger partial charge in [0.2, 0.25) is 10.0 Å². The Morgan fingerprint density at radius 3 is 2.52 bits per heavy atom. The van der Waals surface area contributed by atoms with E-state index >= 15 is 0 Å². The Labute approximate surface area is 136 Å². The van der Waals surface area contributed by atoms with Gasteiger partial charge in [-0.05, 0) is 36.2 Å². The van der Waals surface area contributed by atoms with Crippen molar-refractivity contribution in [3.63, 3.8) is 0 Å². The SMILES string of the molecule is COc1ccc(CCS(=O)(=O)NCC(O)c2cccn2C)cc1. The number of ether oxygens (including phenoxy) is 1. The van der Waals surface area contributed by atoms with Gasteiger partial charge in [-0.25, -0.2) is 13.1 Å². The highest BCUT2D eigenvalue weighted by Gasteiger charge is 2.16.